The molecule has 0 radical (unpaired) electrons. The zero-order valence-electron chi connectivity index (χ0n) is 18.5. The van der Waals surface area contributed by atoms with Crippen LogP contribution in [0, 0.1) is 0 Å². The van der Waals surface area contributed by atoms with E-state index in [0.29, 0.717) is 13.2 Å². The number of aryl methyl sites for hydroxylation is 2. The number of carbonyl (C=O) groups excluding carboxylic acids is 1. The van der Waals surface area contributed by atoms with E-state index in [4.69, 9.17) is 4.74 Å². The molecule has 0 aliphatic rings. The van der Waals surface area contributed by atoms with Crippen LogP contribution in [0.2, 0.25) is 0 Å². The molecule has 2 heterocycles. The van der Waals surface area contributed by atoms with E-state index in [1.165, 1.54) is 22.5 Å². The standard InChI is InChI=1S/C24H25N5O4/c1-27-16-26-22-21(27)23(31)29(24(32)28(22)2)13-20(30)25-12-18-10-6-7-11-19(18)15-33-14-17-8-4-3-5-9-17/h3-11,16H,12-15H2,1-2H3,(H,25,30). The molecule has 9 nitrogen and oxygen atoms in total. The van der Waals surface area contributed by atoms with Crippen LogP contribution in [-0.2, 0) is 49.9 Å². The summed E-state index contributed by atoms with van der Waals surface area (Å²) in [5, 5.41) is 2.80. The van der Waals surface area contributed by atoms with Gasteiger partial charge in [-0.2, -0.15) is 0 Å². The van der Waals surface area contributed by atoms with Crippen LogP contribution in [0.5, 0.6) is 0 Å². The zero-order valence-corrected chi connectivity index (χ0v) is 18.5. The molecule has 4 rings (SSSR count). The third-order valence-electron chi connectivity index (χ3n) is 5.47. The Morgan fingerprint density at radius 1 is 0.970 bits per heavy atom. The molecule has 2 aromatic heterocycles. The monoisotopic (exact) mass is 447 g/mol. The van der Waals surface area contributed by atoms with E-state index < -0.39 is 17.2 Å². The van der Waals surface area contributed by atoms with Gasteiger partial charge in [0.25, 0.3) is 5.56 Å². The van der Waals surface area contributed by atoms with Crippen molar-refractivity contribution in [1.82, 2.24) is 24.0 Å². The molecule has 0 saturated carbocycles. The van der Waals surface area contributed by atoms with Crippen LogP contribution in [0.15, 0.2) is 70.5 Å². The Morgan fingerprint density at radius 3 is 2.42 bits per heavy atom. The second kappa shape index (κ2) is 9.66. The fourth-order valence-electron chi connectivity index (χ4n) is 3.65. The van der Waals surface area contributed by atoms with Crippen LogP contribution in [0.4, 0.5) is 0 Å². The van der Waals surface area contributed by atoms with Crippen molar-refractivity contribution in [3.05, 3.63) is 98.5 Å². The first-order valence-electron chi connectivity index (χ1n) is 10.5. The molecule has 0 atom stereocenters. The summed E-state index contributed by atoms with van der Waals surface area (Å²) in [7, 11) is 3.19. The first-order chi connectivity index (χ1) is 16.0. The summed E-state index contributed by atoms with van der Waals surface area (Å²) in [5.74, 6) is -0.435. The minimum atomic E-state index is -0.587. The van der Waals surface area contributed by atoms with Crippen molar-refractivity contribution >= 4 is 17.1 Å². The highest BCUT2D eigenvalue weighted by Gasteiger charge is 2.17. The third kappa shape index (κ3) is 4.78. The van der Waals surface area contributed by atoms with Crippen LogP contribution in [0.3, 0.4) is 0 Å². The number of hydrogen-bond acceptors (Lipinski definition) is 5. The Balaban J connectivity index is 1.42. The topological polar surface area (TPSA) is 100 Å². The number of amides is 1. The highest BCUT2D eigenvalue weighted by molar-refractivity contribution is 5.76. The van der Waals surface area contributed by atoms with Gasteiger partial charge in [-0.1, -0.05) is 54.6 Å². The molecule has 1 amide bonds. The average molecular weight is 447 g/mol. The van der Waals surface area contributed by atoms with Crippen LogP contribution in [0.25, 0.3) is 11.2 Å². The maximum absolute atomic E-state index is 12.8. The first-order valence-corrected chi connectivity index (χ1v) is 10.5. The van der Waals surface area contributed by atoms with E-state index in [2.05, 4.69) is 10.3 Å². The summed E-state index contributed by atoms with van der Waals surface area (Å²) in [6.45, 7) is 0.772. The number of rotatable bonds is 8. The van der Waals surface area contributed by atoms with Gasteiger partial charge in [0.2, 0.25) is 5.91 Å². The quantitative estimate of drug-likeness (QED) is 0.441. The van der Waals surface area contributed by atoms with Crippen molar-refractivity contribution in [2.45, 2.75) is 26.3 Å². The van der Waals surface area contributed by atoms with Crippen molar-refractivity contribution in [3.63, 3.8) is 0 Å². The number of hydrogen-bond donors (Lipinski definition) is 1. The van der Waals surface area contributed by atoms with E-state index in [0.717, 1.165) is 21.3 Å². The molecule has 33 heavy (non-hydrogen) atoms. The fourth-order valence-corrected chi connectivity index (χ4v) is 3.65. The molecule has 0 unspecified atom stereocenters. The zero-order chi connectivity index (χ0) is 23.4. The summed E-state index contributed by atoms with van der Waals surface area (Å²) >= 11 is 0. The predicted octanol–water partition coefficient (Wildman–Crippen LogP) is 1.47. The Hall–Kier alpha value is -3.98. The van der Waals surface area contributed by atoms with Gasteiger partial charge < -0.3 is 14.6 Å². The highest BCUT2D eigenvalue weighted by atomic mass is 16.5. The number of imidazole rings is 1. The van der Waals surface area contributed by atoms with Gasteiger partial charge in [-0.25, -0.2) is 14.3 Å². The normalized spacial score (nSPS) is 11.1. The predicted molar refractivity (Wildman–Crippen MR) is 123 cm³/mol. The van der Waals surface area contributed by atoms with Crippen molar-refractivity contribution in [2.75, 3.05) is 0 Å². The van der Waals surface area contributed by atoms with Gasteiger partial charge in [-0.15, -0.1) is 0 Å². The van der Waals surface area contributed by atoms with Crippen molar-refractivity contribution in [2.24, 2.45) is 14.1 Å². The molecule has 0 fully saturated rings. The number of nitrogens with zero attached hydrogens (tertiary/aromatic N) is 4. The molecular formula is C24H25N5O4. The Labute approximate surface area is 189 Å². The fraction of sp³-hybridized carbons (Fsp3) is 0.250. The smallest absolute Gasteiger partial charge is 0.332 e. The van der Waals surface area contributed by atoms with E-state index in [1.54, 1.807) is 7.05 Å². The third-order valence-corrected chi connectivity index (χ3v) is 5.47. The lowest BCUT2D eigenvalue weighted by Gasteiger charge is -2.12. The van der Waals surface area contributed by atoms with Crippen LogP contribution in [0.1, 0.15) is 16.7 Å². The number of nitrogens with one attached hydrogen (secondary N) is 1. The minimum absolute atomic E-state index is 0.257. The summed E-state index contributed by atoms with van der Waals surface area (Å²) in [5.41, 5.74) is 2.37. The van der Waals surface area contributed by atoms with Crippen molar-refractivity contribution < 1.29 is 9.53 Å². The Kier molecular flexibility index (Phi) is 6.50. The Morgan fingerprint density at radius 2 is 1.67 bits per heavy atom. The largest absolute Gasteiger partial charge is 0.372 e. The van der Waals surface area contributed by atoms with Gasteiger partial charge in [0.05, 0.1) is 19.5 Å². The van der Waals surface area contributed by atoms with Crippen molar-refractivity contribution in [3.8, 4) is 0 Å². The van der Waals surface area contributed by atoms with Crippen LogP contribution >= 0.6 is 0 Å². The summed E-state index contributed by atoms with van der Waals surface area (Å²) in [4.78, 5) is 42.1. The number of aromatic nitrogens is 4. The van der Waals surface area contributed by atoms with E-state index >= 15 is 0 Å². The number of carbonyl (C=O) groups is 1. The van der Waals surface area contributed by atoms with Crippen LogP contribution < -0.4 is 16.6 Å². The second-order valence-corrected chi connectivity index (χ2v) is 7.78. The number of ether oxygens (including phenoxy) is 1. The lowest BCUT2D eigenvalue weighted by molar-refractivity contribution is -0.121. The molecule has 0 bridgehead atoms. The lowest BCUT2D eigenvalue weighted by Crippen LogP contribution is -2.43. The summed E-state index contributed by atoms with van der Waals surface area (Å²) < 4.78 is 9.56. The van der Waals surface area contributed by atoms with E-state index in [-0.39, 0.29) is 24.3 Å². The van der Waals surface area contributed by atoms with Gasteiger partial charge in [0, 0.05) is 20.6 Å². The highest BCUT2D eigenvalue weighted by Crippen LogP contribution is 2.12. The summed E-state index contributed by atoms with van der Waals surface area (Å²) in [6.07, 6.45) is 1.46. The molecule has 0 aliphatic carbocycles. The van der Waals surface area contributed by atoms with Gasteiger partial charge in [0.15, 0.2) is 11.2 Å². The van der Waals surface area contributed by atoms with Gasteiger partial charge in [-0.05, 0) is 16.7 Å². The molecular weight excluding hydrogens is 422 g/mol. The molecule has 0 aliphatic heterocycles. The molecule has 170 valence electrons. The van der Waals surface area contributed by atoms with Gasteiger partial charge in [0.1, 0.15) is 6.54 Å². The van der Waals surface area contributed by atoms with Crippen molar-refractivity contribution in [1.29, 1.82) is 0 Å². The van der Waals surface area contributed by atoms with Gasteiger partial charge in [-0.3, -0.25) is 14.2 Å². The molecule has 0 saturated heterocycles. The number of benzene rings is 2. The lowest BCUT2D eigenvalue weighted by atomic mass is 10.1. The number of fused-ring (bicyclic) bond motifs is 1. The molecule has 2 aromatic carbocycles. The van der Waals surface area contributed by atoms with Gasteiger partial charge >= 0.3 is 5.69 Å². The van der Waals surface area contributed by atoms with E-state index in [1.807, 2.05) is 54.6 Å². The first kappa shape index (κ1) is 22.2. The molecule has 0 spiro atoms. The Bertz CT molecular complexity index is 1400. The molecule has 4 aromatic rings. The minimum Gasteiger partial charge on any atom is -0.372 e. The average Bonchev–Trinajstić information content (AvgIpc) is 3.22. The maximum atomic E-state index is 12.8. The molecule has 1 N–H and O–H groups in total. The summed E-state index contributed by atoms with van der Waals surface area (Å²) in [6, 6.07) is 17.6. The SMILES string of the molecule is Cn1cnc2c1c(=O)n(CC(=O)NCc1ccccc1COCc1ccccc1)c(=O)n2C. The maximum Gasteiger partial charge on any atom is 0.332 e. The molecule has 9 heteroatoms. The van der Waals surface area contributed by atoms with Crippen LogP contribution in [-0.4, -0.2) is 24.6 Å². The second-order valence-electron chi connectivity index (χ2n) is 7.78. The van der Waals surface area contributed by atoms with E-state index in [9.17, 15) is 14.4 Å².